The molecule has 0 aromatic heterocycles. The molecular formula is C12H23NO3. The van der Waals surface area contributed by atoms with Crippen LogP contribution in [0.25, 0.3) is 0 Å². The van der Waals surface area contributed by atoms with Crippen molar-refractivity contribution in [1.82, 2.24) is 5.32 Å². The maximum atomic E-state index is 11.1. The lowest BCUT2D eigenvalue weighted by molar-refractivity contribution is -0.141. The molecule has 4 heteroatoms. The minimum absolute atomic E-state index is 0.0351. The predicted molar refractivity (Wildman–Crippen MR) is 62.3 cm³/mol. The van der Waals surface area contributed by atoms with Crippen LogP contribution in [0, 0.1) is 5.92 Å². The Balaban J connectivity index is 2.57. The van der Waals surface area contributed by atoms with Gasteiger partial charge in [0, 0.05) is 6.04 Å². The molecule has 0 heterocycles. The van der Waals surface area contributed by atoms with Crippen LogP contribution < -0.4 is 5.32 Å². The first-order valence-electron chi connectivity index (χ1n) is 6.19. The Bertz CT molecular complexity index is 230. The number of carboxylic acids is 1. The molecule has 3 N–H and O–H groups in total. The molecule has 16 heavy (non-hydrogen) atoms. The second kappa shape index (κ2) is 6.21. The van der Waals surface area contributed by atoms with Crippen molar-refractivity contribution in [2.24, 2.45) is 5.92 Å². The summed E-state index contributed by atoms with van der Waals surface area (Å²) < 4.78 is 0. The van der Waals surface area contributed by atoms with Crippen molar-refractivity contribution in [3.05, 3.63) is 0 Å². The van der Waals surface area contributed by atoms with Crippen molar-refractivity contribution in [3.63, 3.8) is 0 Å². The smallest absolute Gasteiger partial charge is 0.320 e. The third kappa shape index (κ3) is 3.76. The van der Waals surface area contributed by atoms with Gasteiger partial charge in [0.25, 0.3) is 0 Å². The fraction of sp³-hybridized carbons (Fsp3) is 0.917. The van der Waals surface area contributed by atoms with E-state index in [-0.39, 0.29) is 12.0 Å². The number of carbonyl (C=O) groups is 1. The van der Waals surface area contributed by atoms with E-state index in [2.05, 4.69) is 5.32 Å². The van der Waals surface area contributed by atoms with Gasteiger partial charge in [-0.25, -0.2) is 0 Å². The van der Waals surface area contributed by atoms with Crippen LogP contribution in [0.2, 0.25) is 0 Å². The molecule has 1 aliphatic carbocycles. The third-order valence-electron chi connectivity index (χ3n) is 3.31. The lowest BCUT2D eigenvalue weighted by atomic mass is 9.99. The van der Waals surface area contributed by atoms with Crippen molar-refractivity contribution < 1.29 is 15.0 Å². The number of carboxylic acid groups (broad SMARTS) is 1. The van der Waals surface area contributed by atoms with Gasteiger partial charge in [-0.1, -0.05) is 33.1 Å². The first-order valence-corrected chi connectivity index (χ1v) is 6.19. The highest BCUT2D eigenvalue weighted by Crippen LogP contribution is 2.19. The molecule has 1 fully saturated rings. The van der Waals surface area contributed by atoms with E-state index in [4.69, 9.17) is 5.11 Å². The first-order chi connectivity index (χ1) is 7.52. The number of aliphatic hydroxyl groups excluding tert-OH is 1. The highest BCUT2D eigenvalue weighted by Gasteiger charge is 2.28. The summed E-state index contributed by atoms with van der Waals surface area (Å²) in [6, 6.07) is -0.622. The maximum Gasteiger partial charge on any atom is 0.320 e. The zero-order valence-corrected chi connectivity index (χ0v) is 10.1. The van der Waals surface area contributed by atoms with E-state index in [1.54, 1.807) is 0 Å². The number of rotatable bonds is 4. The van der Waals surface area contributed by atoms with Crippen LogP contribution in [0.1, 0.15) is 46.0 Å². The Kier molecular flexibility index (Phi) is 5.22. The van der Waals surface area contributed by atoms with E-state index < -0.39 is 18.1 Å². The molecule has 1 aliphatic rings. The fourth-order valence-electron chi connectivity index (χ4n) is 2.26. The van der Waals surface area contributed by atoms with Gasteiger partial charge >= 0.3 is 5.97 Å². The van der Waals surface area contributed by atoms with E-state index in [0.29, 0.717) is 0 Å². The molecule has 0 aromatic rings. The molecule has 0 aromatic carbocycles. The second-order valence-electron chi connectivity index (χ2n) is 5.04. The highest BCUT2D eigenvalue weighted by atomic mass is 16.4. The van der Waals surface area contributed by atoms with Gasteiger partial charge in [0.2, 0.25) is 0 Å². The van der Waals surface area contributed by atoms with Crippen LogP contribution in [0.3, 0.4) is 0 Å². The average molecular weight is 229 g/mol. The number of hydrogen-bond acceptors (Lipinski definition) is 3. The highest BCUT2D eigenvalue weighted by molar-refractivity contribution is 5.73. The molecule has 94 valence electrons. The van der Waals surface area contributed by atoms with Gasteiger partial charge in [-0.15, -0.1) is 0 Å². The van der Waals surface area contributed by atoms with E-state index in [9.17, 15) is 9.90 Å². The van der Waals surface area contributed by atoms with Crippen LogP contribution in [0.4, 0.5) is 0 Å². The van der Waals surface area contributed by atoms with Crippen LogP contribution in [-0.2, 0) is 4.79 Å². The molecule has 1 rings (SSSR count). The standard InChI is InChI=1S/C12H23NO3/c1-8(2)11(12(15)16)13-9-6-4-3-5-7-10(9)14/h8-11,13-14H,3-7H2,1-2H3,(H,15,16). The van der Waals surface area contributed by atoms with Crippen LogP contribution in [0.5, 0.6) is 0 Å². The molecule has 0 radical (unpaired) electrons. The number of hydrogen-bond donors (Lipinski definition) is 3. The molecule has 0 amide bonds. The van der Waals surface area contributed by atoms with Gasteiger partial charge in [-0.05, 0) is 18.8 Å². The van der Waals surface area contributed by atoms with Gasteiger partial charge in [0.1, 0.15) is 6.04 Å². The van der Waals surface area contributed by atoms with E-state index in [0.717, 1.165) is 32.1 Å². The van der Waals surface area contributed by atoms with Gasteiger partial charge < -0.3 is 10.2 Å². The minimum Gasteiger partial charge on any atom is -0.480 e. The van der Waals surface area contributed by atoms with Crippen molar-refractivity contribution >= 4 is 5.97 Å². The normalized spacial score (nSPS) is 28.8. The summed E-state index contributed by atoms with van der Waals surface area (Å²) in [5, 5.41) is 22.1. The topological polar surface area (TPSA) is 69.6 Å². The SMILES string of the molecule is CC(C)C(NC1CCCCCC1O)C(=O)O. The van der Waals surface area contributed by atoms with E-state index >= 15 is 0 Å². The second-order valence-corrected chi connectivity index (χ2v) is 5.04. The summed E-state index contributed by atoms with van der Waals surface area (Å²) in [6.45, 7) is 3.77. The molecule has 3 unspecified atom stereocenters. The van der Waals surface area contributed by atoms with Crippen molar-refractivity contribution in [1.29, 1.82) is 0 Å². The maximum absolute atomic E-state index is 11.1. The summed E-state index contributed by atoms with van der Waals surface area (Å²) in [6.07, 6.45) is 4.50. The number of aliphatic carboxylic acids is 1. The lowest BCUT2D eigenvalue weighted by Gasteiger charge is -2.27. The van der Waals surface area contributed by atoms with Crippen LogP contribution in [0.15, 0.2) is 0 Å². The van der Waals surface area contributed by atoms with Crippen molar-refractivity contribution in [3.8, 4) is 0 Å². The van der Waals surface area contributed by atoms with E-state index in [1.807, 2.05) is 13.8 Å². The Morgan fingerprint density at radius 3 is 2.44 bits per heavy atom. The van der Waals surface area contributed by atoms with Gasteiger partial charge in [0.15, 0.2) is 0 Å². The van der Waals surface area contributed by atoms with Crippen molar-refractivity contribution in [2.45, 2.75) is 64.1 Å². The van der Waals surface area contributed by atoms with Crippen molar-refractivity contribution in [2.75, 3.05) is 0 Å². The summed E-state index contributed by atoms with van der Waals surface area (Å²) in [4.78, 5) is 11.1. The number of nitrogens with one attached hydrogen (secondary N) is 1. The monoisotopic (exact) mass is 229 g/mol. The Morgan fingerprint density at radius 1 is 1.25 bits per heavy atom. The fourth-order valence-corrected chi connectivity index (χ4v) is 2.26. The molecule has 0 aliphatic heterocycles. The first kappa shape index (κ1) is 13.5. The molecule has 4 nitrogen and oxygen atoms in total. The minimum atomic E-state index is -0.827. The van der Waals surface area contributed by atoms with Gasteiger partial charge in [0.05, 0.1) is 6.10 Å². The van der Waals surface area contributed by atoms with E-state index in [1.165, 1.54) is 0 Å². The van der Waals surface area contributed by atoms with Crippen LogP contribution >= 0.6 is 0 Å². The molecular weight excluding hydrogens is 206 g/mol. The summed E-state index contributed by atoms with van der Waals surface area (Å²) in [5.74, 6) is -0.792. The third-order valence-corrected chi connectivity index (χ3v) is 3.31. The zero-order valence-electron chi connectivity index (χ0n) is 10.1. The molecule has 1 saturated carbocycles. The lowest BCUT2D eigenvalue weighted by Crippen LogP contribution is -2.50. The Hall–Kier alpha value is -0.610. The molecule has 0 bridgehead atoms. The quantitative estimate of drug-likeness (QED) is 0.637. The Labute approximate surface area is 97.0 Å². The van der Waals surface area contributed by atoms with Gasteiger partial charge in [-0.3, -0.25) is 10.1 Å². The zero-order chi connectivity index (χ0) is 12.1. The van der Waals surface area contributed by atoms with Gasteiger partial charge in [-0.2, -0.15) is 0 Å². The average Bonchev–Trinajstić information content (AvgIpc) is 2.39. The predicted octanol–water partition coefficient (Wildman–Crippen LogP) is 1.38. The summed E-state index contributed by atoms with van der Waals surface area (Å²) >= 11 is 0. The largest absolute Gasteiger partial charge is 0.480 e. The number of aliphatic hydroxyl groups is 1. The Morgan fingerprint density at radius 2 is 1.88 bits per heavy atom. The van der Waals surface area contributed by atoms with Crippen LogP contribution in [-0.4, -0.2) is 34.4 Å². The summed E-state index contributed by atoms with van der Waals surface area (Å²) in [5.41, 5.74) is 0. The molecule has 0 spiro atoms. The molecule has 0 saturated heterocycles. The summed E-state index contributed by atoms with van der Waals surface area (Å²) in [7, 11) is 0. The molecule has 3 atom stereocenters.